The van der Waals surface area contributed by atoms with E-state index in [1.54, 1.807) is 11.8 Å². The van der Waals surface area contributed by atoms with E-state index in [0.717, 1.165) is 32.5 Å². The van der Waals surface area contributed by atoms with Gasteiger partial charge in [-0.25, -0.2) is 0 Å². The highest BCUT2D eigenvalue weighted by molar-refractivity contribution is 8.00. The molecule has 3 heteroatoms. The molecule has 0 aromatic carbocycles. The highest BCUT2D eigenvalue weighted by Gasteiger charge is 2.33. The Labute approximate surface area is 110 Å². The van der Waals surface area contributed by atoms with Crippen molar-refractivity contribution in [1.82, 2.24) is 4.90 Å². The summed E-state index contributed by atoms with van der Waals surface area (Å²) in [5.74, 6) is 6.50. The largest absolute Gasteiger partial charge is 0.292 e. The van der Waals surface area contributed by atoms with Gasteiger partial charge in [0.2, 0.25) is 0 Å². The first-order valence-electron chi connectivity index (χ1n) is 6.10. The van der Waals surface area contributed by atoms with Gasteiger partial charge in [-0.1, -0.05) is 11.8 Å². The third-order valence-electron chi connectivity index (χ3n) is 3.02. The van der Waals surface area contributed by atoms with Gasteiger partial charge in [-0.3, -0.25) is 4.90 Å². The smallest absolute Gasteiger partial charge is 0.104 e. The third kappa shape index (κ3) is 4.62. The summed E-state index contributed by atoms with van der Waals surface area (Å²) in [5, 5.41) is 9.19. The first-order valence-corrected chi connectivity index (χ1v) is 7.32. The number of nitrogens with zero attached hydrogens (tertiary/aromatic N) is 2. The zero-order valence-electron chi connectivity index (χ0n) is 11.3. The van der Waals surface area contributed by atoms with Crippen molar-refractivity contribution in [2.24, 2.45) is 5.41 Å². The molecule has 1 rings (SSSR count). The molecular formula is C14H22N2S. The molecule has 0 N–H and O–H groups in total. The number of nitriles is 1. The Morgan fingerprint density at radius 1 is 1.29 bits per heavy atom. The maximum Gasteiger partial charge on any atom is 0.104 e. The van der Waals surface area contributed by atoms with Crippen molar-refractivity contribution in [3.63, 3.8) is 0 Å². The SMILES string of the molecule is CSC1(C#N)CCN(CC#CC(C)(C)C)CC1. The van der Waals surface area contributed by atoms with E-state index < -0.39 is 0 Å². The van der Waals surface area contributed by atoms with E-state index in [4.69, 9.17) is 0 Å². The molecule has 2 nitrogen and oxygen atoms in total. The van der Waals surface area contributed by atoms with Crippen molar-refractivity contribution < 1.29 is 0 Å². The Hall–Kier alpha value is -0.640. The average molecular weight is 250 g/mol. The number of likely N-dealkylation sites (tertiary alicyclic amines) is 1. The van der Waals surface area contributed by atoms with Gasteiger partial charge in [0.05, 0.1) is 12.6 Å². The lowest BCUT2D eigenvalue weighted by molar-refractivity contribution is 0.241. The van der Waals surface area contributed by atoms with Crippen LogP contribution in [0.5, 0.6) is 0 Å². The van der Waals surface area contributed by atoms with E-state index in [1.165, 1.54) is 0 Å². The number of rotatable bonds is 2. The molecule has 0 bridgehead atoms. The van der Waals surface area contributed by atoms with Crippen LogP contribution in [-0.4, -0.2) is 35.5 Å². The molecule has 1 aliphatic heterocycles. The molecule has 17 heavy (non-hydrogen) atoms. The summed E-state index contributed by atoms with van der Waals surface area (Å²) in [6, 6.07) is 2.47. The monoisotopic (exact) mass is 250 g/mol. The lowest BCUT2D eigenvalue weighted by Crippen LogP contribution is -2.41. The van der Waals surface area contributed by atoms with E-state index >= 15 is 0 Å². The van der Waals surface area contributed by atoms with Crippen molar-refractivity contribution in [3.8, 4) is 17.9 Å². The minimum atomic E-state index is -0.145. The number of hydrogen-bond donors (Lipinski definition) is 0. The first kappa shape index (κ1) is 14.4. The van der Waals surface area contributed by atoms with Crippen LogP contribution in [0.25, 0.3) is 0 Å². The van der Waals surface area contributed by atoms with Crippen molar-refractivity contribution in [2.45, 2.75) is 38.4 Å². The molecule has 1 saturated heterocycles. The fourth-order valence-electron chi connectivity index (χ4n) is 1.85. The van der Waals surface area contributed by atoms with Crippen molar-refractivity contribution in [2.75, 3.05) is 25.9 Å². The van der Waals surface area contributed by atoms with Gasteiger partial charge in [-0.05, 0) is 39.9 Å². The van der Waals surface area contributed by atoms with Crippen LogP contribution in [0.1, 0.15) is 33.6 Å². The summed E-state index contributed by atoms with van der Waals surface area (Å²) < 4.78 is -0.145. The molecular weight excluding hydrogens is 228 g/mol. The predicted octanol–water partition coefficient (Wildman–Crippen LogP) is 2.76. The summed E-state index contributed by atoms with van der Waals surface area (Å²) in [5.41, 5.74) is 0.0888. The Morgan fingerprint density at radius 2 is 1.88 bits per heavy atom. The van der Waals surface area contributed by atoms with Gasteiger partial charge in [0.1, 0.15) is 4.75 Å². The van der Waals surface area contributed by atoms with E-state index in [0.29, 0.717) is 0 Å². The van der Waals surface area contributed by atoms with Crippen molar-refractivity contribution in [1.29, 1.82) is 5.26 Å². The second-order valence-corrected chi connectivity index (χ2v) is 6.83. The number of piperidine rings is 1. The standard InChI is InChI=1S/C14H22N2S/c1-13(2,3)6-5-9-16-10-7-14(12-15,17-4)8-11-16/h7-11H2,1-4H3. The topological polar surface area (TPSA) is 27.0 Å². The van der Waals surface area contributed by atoms with Gasteiger partial charge in [0.15, 0.2) is 0 Å². The molecule has 94 valence electrons. The quantitative estimate of drug-likeness (QED) is 0.705. The van der Waals surface area contributed by atoms with Crippen LogP contribution in [-0.2, 0) is 0 Å². The van der Waals surface area contributed by atoms with E-state index in [2.05, 4.69) is 43.6 Å². The molecule has 0 unspecified atom stereocenters. The summed E-state index contributed by atoms with van der Waals surface area (Å²) in [6.45, 7) is 9.22. The van der Waals surface area contributed by atoms with Crippen LogP contribution in [0.4, 0.5) is 0 Å². The van der Waals surface area contributed by atoms with Gasteiger partial charge in [0, 0.05) is 18.5 Å². The highest BCUT2D eigenvalue weighted by atomic mass is 32.2. The molecule has 0 amide bonds. The van der Waals surface area contributed by atoms with E-state index in [9.17, 15) is 5.26 Å². The van der Waals surface area contributed by atoms with Crippen molar-refractivity contribution in [3.05, 3.63) is 0 Å². The van der Waals surface area contributed by atoms with Gasteiger partial charge < -0.3 is 0 Å². The van der Waals surface area contributed by atoms with Crippen LogP contribution >= 0.6 is 11.8 Å². The van der Waals surface area contributed by atoms with Crippen LogP contribution in [0.3, 0.4) is 0 Å². The maximum absolute atomic E-state index is 9.19. The summed E-state index contributed by atoms with van der Waals surface area (Å²) in [6.07, 6.45) is 3.96. The van der Waals surface area contributed by atoms with Gasteiger partial charge in [-0.2, -0.15) is 5.26 Å². The molecule has 1 fully saturated rings. The normalized spacial score (nSPS) is 20.2. The first-order chi connectivity index (χ1) is 7.91. The number of thioether (sulfide) groups is 1. The average Bonchev–Trinajstić information content (AvgIpc) is 2.29. The fraction of sp³-hybridized carbons (Fsp3) is 0.786. The molecule has 1 aliphatic rings. The number of hydrogen-bond acceptors (Lipinski definition) is 3. The van der Waals surface area contributed by atoms with Crippen LogP contribution in [0, 0.1) is 28.6 Å². The highest BCUT2D eigenvalue weighted by Crippen LogP contribution is 2.33. The third-order valence-corrected chi connectivity index (χ3v) is 4.31. The molecule has 0 saturated carbocycles. The Bertz CT molecular complexity index is 343. The summed E-state index contributed by atoms with van der Waals surface area (Å²) in [7, 11) is 0. The van der Waals surface area contributed by atoms with E-state index in [1.807, 2.05) is 6.26 Å². The maximum atomic E-state index is 9.19. The molecule has 0 spiro atoms. The molecule has 0 aromatic rings. The Balaban J connectivity index is 2.43. The predicted molar refractivity (Wildman–Crippen MR) is 74.8 cm³/mol. The van der Waals surface area contributed by atoms with Gasteiger partial charge >= 0.3 is 0 Å². The molecule has 0 atom stereocenters. The Morgan fingerprint density at radius 3 is 2.29 bits per heavy atom. The van der Waals surface area contributed by atoms with Crippen LogP contribution < -0.4 is 0 Å². The molecule has 0 radical (unpaired) electrons. The van der Waals surface area contributed by atoms with Gasteiger partial charge in [-0.15, -0.1) is 11.8 Å². The Kier molecular flexibility index (Phi) is 4.92. The summed E-state index contributed by atoms with van der Waals surface area (Å²) in [4.78, 5) is 2.35. The lowest BCUT2D eigenvalue weighted by Gasteiger charge is -2.35. The van der Waals surface area contributed by atoms with Crippen molar-refractivity contribution >= 4 is 11.8 Å². The van der Waals surface area contributed by atoms with E-state index in [-0.39, 0.29) is 10.2 Å². The fourth-order valence-corrected chi connectivity index (χ4v) is 2.53. The summed E-state index contributed by atoms with van der Waals surface area (Å²) >= 11 is 1.70. The molecule has 1 heterocycles. The lowest BCUT2D eigenvalue weighted by atomic mass is 9.96. The minimum Gasteiger partial charge on any atom is -0.292 e. The minimum absolute atomic E-state index is 0.0888. The van der Waals surface area contributed by atoms with Crippen LogP contribution in [0.2, 0.25) is 0 Å². The zero-order chi connectivity index (χ0) is 12.9. The second-order valence-electron chi connectivity index (χ2n) is 5.64. The molecule has 0 aromatic heterocycles. The second kappa shape index (κ2) is 5.80. The molecule has 0 aliphatic carbocycles. The zero-order valence-corrected chi connectivity index (χ0v) is 12.2. The van der Waals surface area contributed by atoms with Crippen LogP contribution in [0.15, 0.2) is 0 Å². The van der Waals surface area contributed by atoms with Gasteiger partial charge in [0.25, 0.3) is 0 Å².